The molecule has 0 aliphatic rings. The van der Waals surface area contributed by atoms with E-state index in [-0.39, 0.29) is 12.3 Å². The normalized spacial score (nSPS) is 13.5. The fourth-order valence-electron chi connectivity index (χ4n) is 1.86. The Morgan fingerprint density at radius 3 is 2.40 bits per heavy atom. The summed E-state index contributed by atoms with van der Waals surface area (Å²) in [6, 6.07) is 8.28. The zero-order valence-electron chi connectivity index (χ0n) is 11.4. The number of aliphatic hydroxyl groups is 1. The molecular formula is C14H20N2O4. The third-order valence-electron chi connectivity index (χ3n) is 2.82. The van der Waals surface area contributed by atoms with Gasteiger partial charge in [0.25, 0.3) is 0 Å². The van der Waals surface area contributed by atoms with Gasteiger partial charge >= 0.3 is 5.97 Å². The average molecular weight is 280 g/mol. The molecule has 6 nitrogen and oxygen atoms in total. The number of carbonyl (C=O) groups excluding carboxylic acids is 1. The lowest BCUT2D eigenvalue weighted by atomic mass is 10.00. The molecule has 0 fully saturated rings. The largest absolute Gasteiger partial charge is 0.481 e. The minimum Gasteiger partial charge on any atom is -0.481 e. The van der Waals surface area contributed by atoms with Crippen molar-refractivity contribution in [3.63, 3.8) is 0 Å². The lowest BCUT2D eigenvalue weighted by Gasteiger charge is -2.23. The molecule has 0 radical (unpaired) electrons. The van der Waals surface area contributed by atoms with Gasteiger partial charge in [-0.25, -0.2) is 0 Å². The predicted molar refractivity (Wildman–Crippen MR) is 74.1 cm³/mol. The maximum atomic E-state index is 10.9. The Morgan fingerprint density at radius 1 is 1.20 bits per heavy atom. The molecule has 2 atom stereocenters. The summed E-state index contributed by atoms with van der Waals surface area (Å²) >= 11 is 0. The van der Waals surface area contributed by atoms with Crippen LogP contribution in [0.5, 0.6) is 0 Å². The summed E-state index contributed by atoms with van der Waals surface area (Å²) < 4.78 is 0. The van der Waals surface area contributed by atoms with Crippen LogP contribution in [-0.4, -0.2) is 41.2 Å². The van der Waals surface area contributed by atoms with E-state index in [2.05, 4.69) is 10.6 Å². The van der Waals surface area contributed by atoms with Gasteiger partial charge in [-0.3, -0.25) is 9.59 Å². The van der Waals surface area contributed by atoms with Gasteiger partial charge in [-0.05, 0) is 5.56 Å². The van der Waals surface area contributed by atoms with Crippen molar-refractivity contribution in [3.05, 3.63) is 35.9 Å². The number of carboxylic acid groups (broad SMARTS) is 1. The van der Waals surface area contributed by atoms with Crippen molar-refractivity contribution in [2.24, 2.45) is 0 Å². The monoisotopic (exact) mass is 280 g/mol. The van der Waals surface area contributed by atoms with E-state index in [1.54, 1.807) is 24.3 Å². The molecule has 0 spiro atoms. The number of aliphatic hydroxyl groups excluding tert-OH is 1. The second-order valence-corrected chi connectivity index (χ2v) is 4.50. The zero-order valence-corrected chi connectivity index (χ0v) is 11.4. The Morgan fingerprint density at radius 2 is 1.85 bits per heavy atom. The van der Waals surface area contributed by atoms with Crippen molar-refractivity contribution in [2.45, 2.75) is 25.5 Å². The number of carboxylic acids is 1. The first-order valence-corrected chi connectivity index (χ1v) is 6.43. The second-order valence-electron chi connectivity index (χ2n) is 4.50. The maximum absolute atomic E-state index is 10.9. The summed E-state index contributed by atoms with van der Waals surface area (Å²) in [6.07, 6.45) is -1.11. The molecule has 110 valence electrons. The molecule has 2 unspecified atom stereocenters. The molecule has 0 saturated carbocycles. The molecule has 0 aliphatic heterocycles. The molecule has 20 heavy (non-hydrogen) atoms. The van der Waals surface area contributed by atoms with E-state index in [9.17, 15) is 14.7 Å². The van der Waals surface area contributed by atoms with Crippen LogP contribution in [0.1, 0.15) is 25.0 Å². The average Bonchev–Trinajstić information content (AvgIpc) is 2.41. The van der Waals surface area contributed by atoms with Gasteiger partial charge in [-0.1, -0.05) is 30.3 Å². The Bertz CT molecular complexity index is 436. The highest BCUT2D eigenvalue weighted by Crippen LogP contribution is 2.18. The number of carbonyl (C=O) groups is 2. The summed E-state index contributed by atoms with van der Waals surface area (Å²) in [5.41, 5.74) is 0.658. The van der Waals surface area contributed by atoms with Crippen LogP contribution >= 0.6 is 0 Å². The van der Waals surface area contributed by atoms with Gasteiger partial charge in [0.05, 0.1) is 12.5 Å². The number of aliphatic carboxylic acids is 1. The van der Waals surface area contributed by atoms with Crippen molar-refractivity contribution < 1.29 is 19.8 Å². The van der Waals surface area contributed by atoms with E-state index in [0.717, 1.165) is 0 Å². The van der Waals surface area contributed by atoms with Crippen LogP contribution < -0.4 is 10.6 Å². The smallest absolute Gasteiger partial charge is 0.305 e. The Kier molecular flexibility index (Phi) is 6.69. The van der Waals surface area contributed by atoms with Gasteiger partial charge in [0.15, 0.2) is 0 Å². The first kappa shape index (κ1) is 16.1. The Hall–Kier alpha value is -1.92. The molecule has 0 bridgehead atoms. The summed E-state index contributed by atoms with van der Waals surface area (Å²) in [5.74, 6) is -1.14. The highest BCUT2D eigenvalue weighted by molar-refractivity contribution is 5.72. The quantitative estimate of drug-likeness (QED) is 0.513. The molecular weight excluding hydrogens is 260 g/mol. The van der Waals surface area contributed by atoms with Crippen LogP contribution in [0.2, 0.25) is 0 Å². The van der Waals surface area contributed by atoms with Crippen molar-refractivity contribution in [2.75, 3.05) is 13.1 Å². The summed E-state index contributed by atoms with van der Waals surface area (Å²) in [7, 11) is 0. The standard InChI is InChI=1S/C14H20N2O4/c1-10(17)15-7-8-16-12(9-13(18)19)14(20)11-5-3-2-4-6-11/h2-6,12,14,16,20H,7-9H2,1H3,(H,15,17)(H,18,19). The van der Waals surface area contributed by atoms with Gasteiger partial charge in [-0.15, -0.1) is 0 Å². The third kappa shape index (κ3) is 5.81. The van der Waals surface area contributed by atoms with Crippen LogP contribution in [0.25, 0.3) is 0 Å². The molecule has 0 saturated heterocycles. The van der Waals surface area contributed by atoms with Crippen molar-refractivity contribution in [3.8, 4) is 0 Å². The third-order valence-corrected chi connectivity index (χ3v) is 2.82. The zero-order chi connectivity index (χ0) is 15.0. The van der Waals surface area contributed by atoms with Crippen LogP contribution in [-0.2, 0) is 9.59 Å². The van der Waals surface area contributed by atoms with Gasteiger partial charge < -0.3 is 20.8 Å². The first-order chi connectivity index (χ1) is 9.50. The Labute approximate surface area is 117 Å². The molecule has 1 aromatic carbocycles. The molecule has 1 aromatic rings. The first-order valence-electron chi connectivity index (χ1n) is 6.43. The number of hydrogen-bond donors (Lipinski definition) is 4. The molecule has 4 N–H and O–H groups in total. The molecule has 0 aliphatic carbocycles. The maximum Gasteiger partial charge on any atom is 0.305 e. The van der Waals surface area contributed by atoms with Crippen molar-refractivity contribution >= 4 is 11.9 Å². The summed E-state index contributed by atoms with van der Waals surface area (Å²) in [4.78, 5) is 21.6. The molecule has 6 heteroatoms. The topological polar surface area (TPSA) is 98.7 Å². The number of nitrogens with one attached hydrogen (secondary N) is 2. The fraction of sp³-hybridized carbons (Fsp3) is 0.429. The number of hydrogen-bond acceptors (Lipinski definition) is 4. The van der Waals surface area contributed by atoms with E-state index in [1.807, 2.05) is 6.07 Å². The minimum absolute atomic E-state index is 0.148. The second kappa shape index (κ2) is 8.29. The summed E-state index contributed by atoms with van der Waals surface area (Å²) in [6.45, 7) is 2.18. The van der Waals surface area contributed by atoms with Crippen molar-refractivity contribution in [1.82, 2.24) is 10.6 Å². The number of amides is 1. The highest BCUT2D eigenvalue weighted by Gasteiger charge is 2.22. The predicted octanol–water partition coefficient (Wildman–Crippen LogP) is 0.289. The molecule has 0 aromatic heterocycles. The van der Waals surface area contributed by atoms with E-state index >= 15 is 0 Å². The van der Waals surface area contributed by atoms with E-state index in [1.165, 1.54) is 6.92 Å². The lowest BCUT2D eigenvalue weighted by Crippen LogP contribution is -2.41. The van der Waals surface area contributed by atoms with Gasteiger partial charge in [-0.2, -0.15) is 0 Å². The van der Waals surface area contributed by atoms with Crippen molar-refractivity contribution in [1.29, 1.82) is 0 Å². The fourth-order valence-corrected chi connectivity index (χ4v) is 1.86. The van der Waals surface area contributed by atoms with Gasteiger partial charge in [0.2, 0.25) is 5.91 Å². The van der Waals surface area contributed by atoms with Gasteiger partial charge in [0.1, 0.15) is 0 Å². The Balaban J connectivity index is 2.59. The van der Waals surface area contributed by atoms with Crippen LogP contribution in [0.4, 0.5) is 0 Å². The molecule has 1 rings (SSSR count). The molecule has 0 heterocycles. The highest BCUT2D eigenvalue weighted by atomic mass is 16.4. The SMILES string of the molecule is CC(=O)NCCNC(CC(=O)O)C(O)c1ccccc1. The van der Waals surface area contributed by atoms with Crippen LogP contribution in [0, 0.1) is 0 Å². The van der Waals surface area contributed by atoms with Gasteiger partial charge in [0, 0.05) is 26.1 Å². The number of benzene rings is 1. The lowest BCUT2D eigenvalue weighted by molar-refractivity contribution is -0.138. The number of rotatable bonds is 8. The molecule has 1 amide bonds. The van der Waals surface area contributed by atoms with E-state index < -0.39 is 18.1 Å². The van der Waals surface area contributed by atoms with E-state index in [4.69, 9.17) is 5.11 Å². The van der Waals surface area contributed by atoms with Crippen LogP contribution in [0.3, 0.4) is 0 Å². The van der Waals surface area contributed by atoms with Crippen LogP contribution in [0.15, 0.2) is 30.3 Å². The minimum atomic E-state index is -0.989. The summed E-state index contributed by atoms with van der Waals surface area (Å²) in [5, 5.41) is 24.7. The van der Waals surface area contributed by atoms with E-state index in [0.29, 0.717) is 18.7 Å².